The third-order valence-corrected chi connectivity index (χ3v) is 6.14. The molecule has 1 unspecified atom stereocenters. The van der Waals surface area contributed by atoms with Gasteiger partial charge in [-0.1, -0.05) is 11.3 Å². The Morgan fingerprint density at radius 3 is 2.85 bits per heavy atom. The first-order valence-electron chi connectivity index (χ1n) is 11.0. The quantitative estimate of drug-likeness (QED) is 0.479. The number of ether oxygens (including phenoxy) is 1. The van der Waals surface area contributed by atoms with Crippen LogP contribution >= 0.6 is 0 Å². The number of benzene rings is 1. The largest absolute Gasteiger partial charge is 0.479 e. The number of aryl methyl sites for hydroxylation is 1. The summed E-state index contributed by atoms with van der Waals surface area (Å²) >= 11 is 0. The molecule has 0 radical (unpaired) electrons. The Morgan fingerprint density at radius 2 is 2.15 bits per heavy atom. The molecule has 1 aliphatic rings. The molecule has 0 bridgehead atoms. The van der Waals surface area contributed by atoms with Gasteiger partial charge in [-0.3, -0.25) is 4.79 Å². The topological polar surface area (TPSA) is 102 Å². The van der Waals surface area contributed by atoms with E-state index in [1.807, 2.05) is 35.9 Å². The van der Waals surface area contributed by atoms with E-state index in [1.54, 1.807) is 10.7 Å². The standard InChI is InChI=1S/C22H24F2N8O2/c1-4-31-17-11-14(5-6-16(17)27-29-31)15-7-10-32-19(15)20(34-3)26-21(28-32)25-18-8-9-30(13(2)33)12-22(18,23)24/h5-7,10-11,18H,4,8-9,12H2,1-3H3,(H,25,28). The van der Waals surface area contributed by atoms with Crippen LogP contribution in [0.25, 0.3) is 27.7 Å². The van der Waals surface area contributed by atoms with Crippen LogP contribution in [0.3, 0.4) is 0 Å². The van der Waals surface area contributed by atoms with Crippen molar-refractivity contribution in [3.05, 3.63) is 30.5 Å². The smallest absolute Gasteiger partial charge is 0.285 e. The molecular weight excluding hydrogens is 446 g/mol. The molecule has 1 saturated heterocycles. The highest BCUT2D eigenvalue weighted by Gasteiger charge is 2.45. The molecule has 0 saturated carbocycles. The van der Waals surface area contributed by atoms with Crippen LogP contribution in [0.1, 0.15) is 20.3 Å². The fraction of sp³-hybridized carbons (Fsp3) is 0.409. The Morgan fingerprint density at radius 1 is 1.32 bits per heavy atom. The van der Waals surface area contributed by atoms with Crippen LogP contribution in [0.2, 0.25) is 0 Å². The number of carbonyl (C=O) groups excluding carboxylic acids is 1. The molecule has 1 aliphatic heterocycles. The number of fused-ring (bicyclic) bond motifs is 2. The lowest BCUT2D eigenvalue weighted by molar-refractivity contribution is -0.140. The molecule has 1 aromatic carbocycles. The summed E-state index contributed by atoms with van der Waals surface area (Å²) in [6.45, 7) is 3.57. The van der Waals surface area contributed by atoms with Crippen molar-refractivity contribution in [3.8, 4) is 17.0 Å². The Labute approximate surface area is 193 Å². The molecule has 10 nitrogen and oxygen atoms in total. The summed E-state index contributed by atoms with van der Waals surface area (Å²) in [6.07, 6.45) is 1.81. The van der Waals surface area contributed by atoms with Gasteiger partial charge in [0.1, 0.15) is 11.0 Å². The predicted molar refractivity (Wildman–Crippen MR) is 121 cm³/mol. The zero-order chi connectivity index (χ0) is 24.0. The van der Waals surface area contributed by atoms with Crippen LogP contribution in [-0.4, -0.2) is 72.6 Å². The van der Waals surface area contributed by atoms with Crippen LogP contribution in [-0.2, 0) is 11.3 Å². The van der Waals surface area contributed by atoms with Crippen LogP contribution in [0.15, 0.2) is 30.5 Å². The van der Waals surface area contributed by atoms with Gasteiger partial charge in [0.2, 0.25) is 17.7 Å². The Hall–Kier alpha value is -3.83. The fourth-order valence-corrected chi connectivity index (χ4v) is 4.34. The van der Waals surface area contributed by atoms with Gasteiger partial charge < -0.3 is 15.0 Å². The van der Waals surface area contributed by atoms with Gasteiger partial charge in [0.05, 0.1) is 25.2 Å². The summed E-state index contributed by atoms with van der Waals surface area (Å²) in [5.41, 5.74) is 4.03. The number of amides is 1. The number of piperidine rings is 1. The number of hydrogen-bond donors (Lipinski definition) is 1. The molecule has 1 amide bonds. The van der Waals surface area contributed by atoms with Gasteiger partial charge in [-0.15, -0.1) is 10.2 Å². The number of aromatic nitrogens is 6. The van der Waals surface area contributed by atoms with Crippen molar-refractivity contribution in [2.45, 2.75) is 38.8 Å². The molecule has 178 valence electrons. The van der Waals surface area contributed by atoms with Crippen molar-refractivity contribution in [2.24, 2.45) is 0 Å². The first-order valence-corrected chi connectivity index (χ1v) is 11.0. The van der Waals surface area contributed by atoms with E-state index in [0.717, 1.165) is 27.1 Å². The third-order valence-electron chi connectivity index (χ3n) is 6.14. The van der Waals surface area contributed by atoms with E-state index in [0.29, 0.717) is 12.1 Å². The van der Waals surface area contributed by atoms with Crippen molar-refractivity contribution in [3.63, 3.8) is 0 Å². The highest BCUT2D eigenvalue weighted by Crippen LogP contribution is 2.34. The van der Waals surface area contributed by atoms with E-state index in [2.05, 4.69) is 25.7 Å². The first-order chi connectivity index (χ1) is 16.3. The number of methoxy groups -OCH3 is 1. The van der Waals surface area contributed by atoms with Crippen molar-refractivity contribution < 1.29 is 18.3 Å². The normalized spacial score (nSPS) is 17.9. The predicted octanol–water partition coefficient (Wildman–Crippen LogP) is 2.84. The number of rotatable bonds is 5. The van der Waals surface area contributed by atoms with E-state index in [-0.39, 0.29) is 30.7 Å². The van der Waals surface area contributed by atoms with Crippen molar-refractivity contribution >= 4 is 28.4 Å². The Balaban J connectivity index is 1.49. The van der Waals surface area contributed by atoms with Crippen LogP contribution < -0.4 is 10.1 Å². The lowest BCUT2D eigenvalue weighted by Crippen LogP contribution is -2.55. The summed E-state index contributed by atoms with van der Waals surface area (Å²) in [7, 11) is 1.47. The van der Waals surface area contributed by atoms with Gasteiger partial charge in [-0.05, 0) is 37.1 Å². The van der Waals surface area contributed by atoms with E-state index in [1.165, 1.54) is 14.0 Å². The zero-order valence-electron chi connectivity index (χ0n) is 19.0. The van der Waals surface area contributed by atoms with Gasteiger partial charge in [0.25, 0.3) is 5.92 Å². The maximum Gasteiger partial charge on any atom is 0.285 e. The van der Waals surface area contributed by atoms with Gasteiger partial charge in [-0.2, -0.15) is 4.98 Å². The molecule has 1 fully saturated rings. The molecule has 0 spiro atoms. The van der Waals surface area contributed by atoms with Crippen molar-refractivity contribution in [1.29, 1.82) is 0 Å². The zero-order valence-corrected chi connectivity index (χ0v) is 19.0. The van der Waals surface area contributed by atoms with Gasteiger partial charge in [0, 0.05) is 31.8 Å². The highest BCUT2D eigenvalue weighted by atomic mass is 19.3. The van der Waals surface area contributed by atoms with E-state index in [4.69, 9.17) is 4.74 Å². The second-order valence-corrected chi connectivity index (χ2v) is 8.26. The van der Waals surface area contributed by atoms with Crippen molar-refractivity contribution in [2.75, 3.05) is 25.5 Å². The SMILES string of the molecule is CCn1nnc2ccc(-c3ccn4nc(NC5CCN(C(C)=O)CC5(F)F)nc(OC)c34)cc21. The molecule has 4 aromatic rings. The first kappa shape index (κ1) is 22.0. The lowest BCUT2D eigenvalue weighted by Gasteiger charge is -2.38. The van der Waals surface area contributed by atoms with Crippen LogP contribution in [0.5, 0.6) is 5.88 Å². The second-order valence-electron chi connectivity index (χ2n) is 8.26. The minimum Gasteiger partial charge on any atom is -0.479 e. The molecular formula is C22H24F2N8O2. The number of halogens is 2. The monoisotopic (exact) mass is 470 g/mol. The van der Waals surface area contributed by atoms with Gasteiger partial charge in [0.15, 0.2) is 0 Å². The molecule has 0 aliphatic carbocycles. The highest BCUT2D eigenvalue weighted by molar-refractivity contribution is 5.89. The molecule has 12 heteroatoms. The number of carbonyl (C=O) groups is 1. The average molecular weight is 470 g/mol. The molecule has 5 rings (SSSR count). The number of alkyl halides is 2. The van der Waals surface area contributed by atoms with E-state index < -0.39 is 18.5 Å². The maximum atomic E-state index is 14.7. The number of anilines is 1. The van der Waals surface area contributed by atoms with Crippen LogP contribution in [0, 0.1) is 0 Å². The number of nitrogens with one attached hydrogen (secondary N) is 1. The van der Waals surface area contributed by atoms with E-state index >= 15 is 0 Å². The Bertz CT molecular complexity index is 1380. The van der Waals surface area contributed by atoms with Gasteiger partial charge >= 0.3 is 0 Å². The summed E-state index contributed by atoms with van der Waals surface area (Å²) in [6, 6.07) is 6.48. The minimum absolute atomic E-state index is 0.0242. The summed E-state index contributed by atoms with van der Waals surface area (Å²) in [4.78, 5) is 17.0. The number of hydrogen-bond acceptors (Lipinski definition) is 7. The maximum absolute atomic E-state index is 14.7. The summed E-state index contributed by atoms with van der Waals surface area (Å²) in [5, 5.41) is 15.5. The minimum atomic E-state index is -3.12. The Kier molecular flexibility index (Phi) is 5.29. The third kappa shape index (κ3) is 3.68. The molecule has 4 heterocycles. The lowest BCUT2D eigenvalue weighted by atomic mass is 10.0. The molecule has 1 atom stereocenters. The van der Waals surface area contributed by atoms with Gasteiger partial charge in [-0.25, -0.2) is 18.0 Å². The van der Waals surface area contributed by atoms with Crippen molar-refractivity contribution in [1.82, 2.24) is 34.5 Å². The van der Waals surface area contributed by atoms with Crippen LogP contribution in [0.4, 0.5) is 14.7 Å². The number of likely N-dealkylation sites (tertiary alicyclic amines) is 1. The summed E-state index contributed by atoms with van der Waals surface area (Å²) < 4.78 is 38.3. The number of nitrogens with zero attached hydrogens (tertiary/aromatic N) is 7. The van der Waals surface area contributed by atoms with E-state index in [9.17, 15) is 13.6 Å². The fourth-order valence-electron chi connectivity index (χ4n) is 4.34. The summed E-state index contributed by atoms with van der Waals surface area (Å²) in [5.74, 6) is -3.21. The molecule has 34 heavy (non-hydrogen) atoms. The second kappa shape index (κ2) is 8.19. The molecule has 3 aromatic heterocycles. The molecule has 1 N–H and O–H groups in total. The average Bonchev–Trinajstić information content (AvgIpc) is 3.43.